The van der Waals surface area contributed by atoms with Crippen molar-refractivity contribution in [2.45, 2.75) is 6.92 Å². The summed E-state index contributed by atoms with van der Waals surface area (Å²) in [6, 6.07) is 0. The summed E-state index contributed by atoms with van der Waals surface area (Å²) in [5, 5.41) is -0.855. The van der Waals surface area contributed by atoms with Gasteiger partial charge in [0.05, 0.1) is 18.4 Å². The van der Waals surface area contributed by atoms with Crippen molar-refractivity contribution in [1.82, 2.24) is 4.98 Å². The highest BCUT2D eigenvalue weighted by Crippen LogP contribution is 2.41. The van der Waals surface area contributed by atoms with Gasteiger partial charge in [-0.05, 0) is 6.92 Å². The Morgan fingerprint density at radius 3 is 2.05 bits per heavy atom. The Hall–Kier alpha value is -0.940. The van der Waals surface area contributed by atoms with E-state index in [1.165, 1.54) is 7.11 Å². The largest absolute Gasteiger partial charge is 0.494 e. The van der Waals surface area contributed by atoms with Crippen molar-refractivity contribution in [3.63, 3.8) is 0 Å². The van der Waals surface area contributed by atoms with Gasteiger partial charge in [-0.25, -0.2) is 0 Å². The molecule has 0 spiro atoms. The number of ether oxygens (including phenoxy) is 1. The van der Waals surface area contributed by atoms with Crippen LogP contribution in [0.5, 0.6) is 5.75 Å². The Labute approximate surface area is 134 Å². The normalized spacial score (nSPS) is 16.3. The number of nitrogens with one attached hydrogen (secondary N) is 1. The third kappa shape index (κ3) is 2.17. The van der Waals surface area contributed by atoms with Gasteiger partial charge in [0.1, 0.15) is 26.0 Å². The average molecular weight is 355 g/mol. The van der Waals surface area contributed by atoms with Gasteiger partial charge in [-0.1, -0.05) is 46.4 Å². The molecule has 1 aliphatic rings. The maximum Gasteiger partial charge on any atom is 0.218 e. The molecule has 0 saturated heterocycles. The number of rotatable bonds is 2. The van der Waals surface area contributed by atoms with Gasteiger partial charge in [0, 0.05) is 5.56 Å². The summed E-state index contributed by atoms with van der Waals surface area (Å²) in [6.45, 7) is 1.69. The van der Waals surface area contributed by atoms with Crippen LogP contribution in [-0.4, -0.2) is 23.7 Å². The number of allylic oxidation sites excluding steroid dienone is 4. The fourth-order valence-electron chi connectivity index (χ4n) is 1.82. The number of halogens is 4. The number of aromatic nitrogens is 1. The molecule has 0 saturated carbocycles. The first-order chi connectivity index (χ1) is 9.31. The summed E-state index contributed by atoms with van der Waals surface area (Å²) >= 11 is 23.3. The van der Waals surface area contributed by atoms with Gasteiger partial charge in [-0.15, -0.1) is 0 Å². The Morgan fingerprint density at radius 2 is 1.50 bits per heavy atom. The predicted octanol–water partition coefficient (Wildman–Crippen LogP) is 3.78. The zero-order valence-corrected chi connectivity index (χ0v) is 13.3. The number of H-pyrrole nitrogens is 1. The van der Waals surface area contributed by atoms with E-state index in [4.69, 9.17) is 51.1 Å². The van der Waals surface area contributed by atoms with Crippen LogP contribution in [0.2, 0.25) is 5.15 Å². The van der Waals surface area contributed by atoms with E-state index in [-0.39, 0.29) is 26.5 Å². The van der Waals surface area contributed by atoms with Gasteiger partial charge in [0.25, 0.3) is 0 Å². The van der Waals surface area contributed by atoms with Crippen LogP contribution in [-0.2, 0) is 9.59 Å². The van der Waals surface area contributed by atoms with Gasteiger partial charge in [0.15, 0.2) is 0 Å². The molecule has 0 unspecified atom stereocenters. The van der Waals surface area contributed by atoms with Crippen LogP contribution >= 0.6 is 46.4 Å². The number of Topliss-reactive ketones (excluding diaryl/α,β-unsaturated/α-hetero) is 2. The number of hydrogen-bond donors (Lipinski definition) is 1. The van der Waals surface area contributed by atoms with Crippen LogP contribution in [0.4, 0.5) is 0 Å². The summed E-state index contributed by atoms with van der Waals surface area (Å²) in [6.07, 6.45) is 0. The van der Waals surface area contributed by atoms with Crippen LogP contribution in [0.15, 0.2) is 15.1 Å². The van der Waals surface area contributed by atoms with Crippen molar-refractivity contribution in [3.8, 4) is 5.75 Å². The van der Waals surface area contributed by atoms with Crippen molar-refractivity contribution in [1.29, 1.82) is 0 Å². The molecule has 1 N–H and O–H groups in total. The molecule has 0 fully saturated rings. The average Bonchev–Trinajstić information content (AvgIpc) is 2.70. The van der Waals surface area contributed by atoms with E-state index in [0.717, 1.165) is 0 Å². The number of hydrogen-bond acceptors (Lipinski definition) is 3. The smallest absolute Gasteiger partial charge is 0.218 e. The van der Waals surface area contributed by atoms with Crippen LogP contribution in [0.1, 0.15) is 11.3 Å². The molecule has 2 rings (SSSR count). The summed E-state index contributed by atoms with van der Waals surface area (Å²) in [5.41, 5.74) is 0.664. The number of aromatic amines is 1. The molecule has 0 aliphatic heterocycles. The first kappa shape index (κ1) is 15.4. The molecule has 1 aromatic rings. The molecule has 8 heteroatoms. The molecule has 20 heavy (non-hydrogen) atoms. The molecule has 0 radical (unpaired) electrons. The van der Waals surface area contributed by atoms with Crippen molar-refractivity contribution in [3.05, 3.63) is 31.5 Å². The summed E-state index contributed by atoms with van der Waals surface area (Å²) in [7, 11) is 1.41. The monoisotopic (exact) mass is 353 g/mol. The van der Waals surface area contributed by atoms with Crippen LogP contribution in [0.3, 0.4) is 0 Å². The highest BCUT2D eigenvalue weighted by atomic mass is 35.5. The van der Waals surface area contributed by atoms with E-state index in [0.29, 0.717) is 11.3 Å². The highest BCUT2D eigenvalue weighted by Gasteiger charge is 2.35. The van der Waals surface area contributed by atoms with Gasteiger partial charge in [0.2, 0.25) is 11.6 Å². The maximum absolute atomic E-state index is 12.2. The van der Waals surface area contributed by atoms with Gasteiger partial charge < -0.3 is 9.72 Å². The summed E-state index contributed by atoms with van der Waals surface area (Å²) < 4.78 is 5.18. The molecule has 4 nitrogen and oxygen atoms in total. The number of methoxy groups -OCH3 is 1. The number of carbonyl (C=O) groups is 2. The fraction of sp³-hybridized carbons (Fsp3) is 0.167. The fourth-order valence-corrected chi connectivity index (χ4v) is 2.68. The maximum atomic E-state index is 12.2. The molecule has 0 aromatic carbocycles. The van der Waals surface area contributed by atoms with Gasteiger partial charge in [-0.2, -0.15) is 0 Å². The topological polar surface area (TPSA) is 59.2 Å². The molecule has 0 amide bonds. The van der Waals surface area contributed by atoms with E-state index in [1.54, 1.807) is 6.92 Å². The Kier molecular flexibility index (Phi) is 4.21. The van der Waals surface area contributed by atoms with Gasteiger partial charge in [-0.3, -0.25) is 9.59 Å². The lowest BCUT2D eigenvalue weighted by atomic mass is 9.99. The summed E-state index contributed by atoms with van der Waals surface area (Å²) in [4.78, 5) is 26.8. The second-order valence-corrected chi connectivity index (χ2v) is 5.46. The number of carbonyl (C=O) groups excluding carboxylic acids is 2. The Bertz CT molecular complexity index is 700. The molecule has 1 aliphatic carbocycles. The zero-order chi connectivity index (χ0) is 15.2. The minimum absolute atomic E-state index is 0.113. The number of ketones is 2. The quantitative estimate of drug-likeness (QED) is 0.822. The van der Waals surface area contributed by atoms with Crippen molar-refractivity contribution < 1.29 is 14.3 Å². The minimum atomic E-state index is -0.724. The molecular formula is C12H7Cl4NO3. The van der Waals surface area contributed by atoms with Crippen LogP contribution in [0, 0.1) is 6.92 Å². The zero-order valence-electron chi connectivity index (χ0n) is 10.2. The molecular weight excluding hydrogens is 348 g/mol. The molecule has 1 heterocycles. The van der Waals surface area contributed by atoms with E-state index in [1.807, 2.05) is 0 Å². The first-order valence-corrected chi connectivity index (χ1v) is 6.79. The highest BCUT2D eigenvalue weighted by molar-refractivity contribution is 6.68. The van der Waals surface area contributed by atoms with Crippen molar-refractivity contribution in [2.24, 2.45) is 0 Å². The van der Waals surface area contributed by atoms with E-state index in [2.05, 4.69) is 4.98 Å². The Balaban J connectivity index is 2.73. The van der Waals surface area contributed by atoms with Crippen LogP contribution < -0.4 is 4.74 Å². The van der Waals surface area contributed by atoms with Crippen molar-refractivity contribution in [2.75, 3.05) is 7.11 Å². The molecule has 106 valence electrons. The standard InChI is InChI=1S/C12H7Cl4NO3/c1-3-11(20-2)8(17-12(3)16)4-5(13)10(19)7(15)6(14)9(4)18/h17H,1-2H3. The molecule has 0 atom stereocenters. The molecule has 0 bridgehead atoms. The lowest BCUT2D eigenvalue weighted by Crippen LogP contribution is -2.17. The third-order valence-corrected chi connectivity index (χ3v) is 4.38. The van der Waals surface area contributed by atoms with Crippen molar-refractivity contribution >= 4 is 63.5 Å². The second kappa shape index (κ2) is 5.45. The van der Waals surface area contributed by atoms with E-state index >= 15 is 0 Å². The third-order valence-electron chi connectivity index (χ3n) is 2.82. The van der Waals surface area contributed by atoms with E-state index < -0.39 is 16.6 Å². The SMILES string of the molecule is COc1c(C2=C(Cl)C(=O)C(Cl)=C(Cl)C2=O)[nH]c(Cl)c1C. The molecule has 1 aromatic heterocycles. The lowest BCUT2D eigenvalue weighted by Gasteiger charge is -2.15. The second-order valence-electron chi connectivity index (χ2n) is 3.95. The lowest BCUT2D eigenvalue weighted by molar-refractivity contribution is -0.114. The van der Waals surface area contributed by atoms with E-state index in [9.17, 15) is 9.59 Å². The Morgan fingerprint density at radius 1 is 0.950 bits per heavy atom. The first-order valence-electron chi connectivity index (χ1n) is 5.28. The van der Waals surface area contributed by atoms with Crippen LogP contribution in [0.25, 0.3) is 5.57 Å². The minimum Gasteiger partial charge on any atom is -0.494 e. The van der Waals surface area contributed by atoms with Gasteiger partial charge >= 0.3 is 0 Å². The summed E-state index contributed by atoms with van der Waals surface area (Å²) in [5.74, 6) is -1.08. The predicted molar refractivity (Wildman–Crippen MR) is 78.6 cm³/mol.